The minimum atomic E-state index is -1.54. The Morgan fingerprint density at radius 1 is 1.43 bits per heavy atom. The van der Waals surface area contributed by atoms with Gasteiger partial charge in [-0.3, -0.25) is 4.98 Å². The lowest BCUT2D eigenvalue weighted by atomic mass is 10.2. The second-order valence-corrected chi connectivity index (χ2v) is 8.63. The van der Waals surface area contributed by atoms with Crippen LogP contribution in [0.4, 0.5) is 0 Å². The Hall–Kier alpha value is -0.873. The molecule has 0 aliphatic rings. The normalized spacial score (nSPS) is 11.4. The van der Waals surface area contributed by atoms with Gasteiger partial charge in [0.25, 0.3) is 0 Å². The smallest absolute Gasteiger partial charge is 0.242 e. The molecule has 3 nitrogen and oxygen atoms in total. The molecule has 0 aliphatic carbocycles. The molecule has 0 fully saturated rings. The molecule has 0 aromatic carbocycles. The highest BCUT2D eigenvalue weighted by molar-refractivity contribution is 6.70. The lowest BCUT2D eigenvalue weighted by molar-refractivity contribution is 0.544. The molecule has 2 N–H and O–H groups in total. The summed E-state index contributed by atoms with van der Waals surface area (Å²) in [6, 6.07) is 3.87. The lowest BCUT2D eigenvalue weighted by Gasteiger charge is -2.20. The third kappa shape index (κ3) is 3.47. The van der Waals surface area contributed by atoms with Crippen molar-refractivity contribution in [2.24, 2.45) is 5.73 Å². The Labute approximate surface area is 86.4 Å². The molecule has 1 aromatic heterocycles. The number of hydrogen-bond donors (Lipinski definition) is 1. The summed E-state index contributed by atoms with van der Waals surface area (Å²) in [5.74, 6) is 0.900. The van der Waals surface area contributed by atoms with Gasteiger partial charge in [0, 0.05) is 12.6 Å². The summed E-state index contributed by atoms with van der Waals surface area (Å²) < 4.78 is 5.91. The van der Waals surface area contributed by atoms with Gasteiger partial charge >= 0.3 is 0 Å². The molecule has 1 aromatic rings. The fourth-order valence-corrected chi connectivity index (χ4v) is 2.02. The van der Waals surface area contributed by atoms with Crippen LogP contribution in [-0.4, -0.2) is 19.8 Å². The number of rotatable bonds is 4. The number of nitrogens with zero attached hydrogens (tertiary/aromatic N) is 1. The van der Waals surface area contributed by atoms with Crippen molar-refractivity contribution in [3.63, 3.8) is 0 Å². The molecular weight excluding hydrogens is 192 g/mol. The third-order valence-electron chi connectivity index (χ3n) is 1.65. The minimum Gasteiger partial charge on any atom is -0.543 e. The summed E-state index contributed by atoms with van der Waals surface area (Å²) in [6.07, 6.45) is 2.56. The van der Waals surface area contributed by atoms with Crippen LogP contribution in [0, 0.1) is 0 Å². The first-order chi connectivity index (χ1) is 6.53. The molecule has 14 heavy (non-hydrogen) atoms. The maximum atomic E-state index is 5.91. The van der Waals surface area contributed by atoms with E-state index >= 15 is 0 Å². The van der Waals surface area contributed by atoms with E-state index in [4.69, 9.17) is 10.2 Å². The second kappa shape index (κ2) is 4.57. The Balaban J connectivity index is 2.84. The molecule has 4 heteroatoms. The SMILES string of the molecule is C[Si](C)(C)Oc1cccnc1CCN. The molecule has 0 saturated heterocycles. The maximum absolute atomic E-state index is 5.91. The number of hydrogen-bond acceptors (Lipinski definition) is 3. The molecule has 0 bridgehead atoms. The molecule has 1 rings (SSSR count). The first-order valence-electron chi connectivity index (χ1n) is 4.86. The minimum absolute atomic E-state index is 0.610. The fourth-order valence-electron chi connectivity index (χ4n) is 1.17. The van der Waals surface area contributed by atoms with Crippen molar-refractivity contribution in [1.82, 2.24) is 4.98 Å². The van der Waals surface area contributed by atoms with E-state index in [9.17, 15) is 0 Å². The van der Waals surface area contributed by atoms with Crippen molar-refractivity contribution in [3.8, 4) is 5.75 Å². The molecule has 0 saturated carbocycles. The topological polar surface area (TPSA) is 48.1 Å². The average Bonchev–Trinajstić information content (AvgIpc) is 2.06. The first kappa shape index (κ1) is 11.2. The number of pyridine rings is 1. The Morgan fingerprint density at radius 2 is 2.14 bits per heavy atom. The Morgan fingerprint density at radius 3 is 2.71 bits per heavy atom. The van der Waals surface area contributed by atoms with Gasteiger partial charge in [-0.05, 0) is 38.3 Å². The standard InChI is InChI=1S/C10H18N2OSi/c1-14(2,3)13-10-5-4-8-12-9(10)6-7-11/h4-5,8H,6-7,11H2,1-3H3. The van der Waals surface area contributed by atoms with Crippen LogP contribution in [0.1, 0.15) is 5.69 Å². The summed E-state index contributed by atoms with van der Waals surface area (Å²) in [4.78, 5) is 4.27. The molecule has 78 valence electrons. The highest BCUT2D eigenvalue weighted by Gasteiger charge is 2.18. The van der Waals surface area contributed by atoms with Crippen LogP contribution in [0.25, 0.3) is 0 Å². The molecule has 0 aliphatic heterocycles. The van der Waals surface area contributed by atoms with Crippen LogP contribution < -0.4 is 10.2 Å². The van der Waals surface area contributed by atoms with Gasteiger partial charge < -0.3 is 10.2 Å². The summed E-state index contributed by atoms with van der Waals surface area (Å²) in [6.45, 7) is 7.09. The summed E-state index contributed by atoms with van der Waals surface area (Å²) in [7, 11) is -1.54. The van der Waals surface area contributed by atoms with Crippen LogP contribution >= 0.6 is 0 Å². The summed E-state index contributed by atoms with van der Waals surface area (Å²) in [5.41, 5.74) is 6.48. The van der Waals surface area contributed by atoms with Crippen molar-refractivity contribution in [2.45, 2.75) is 26.1 Å². The van der Waals surface area contributed by atoms with Crippen molar-refractivity contribution >= 4 is 8.32 Å². The predicted octanol–water partition coefficient (Wildman–Crippen LogP) is 1.80. The van der Waals surface area contributed by atoms with Crippen molar-refractivity contribution in [2.75, 3.05) is 6.54 Å². The zero-order chi connectivity index (χ0) is 10.6. The molecule has 0 spiro atoms. The zero-order valence-electron chi connectivity index (χ0n) is 9.08. The van der Waals surface area contributed by atoms with E-state index < -0.39 is 8.32 Å². The maximum Gasteiger partial charge on any atom is 0.242 e. The quantitative estimate of drug-likeness (QED) is 0.771. The van der Waals surface area contributed by atoms with Gasteiger partial charge in [0.15, 0.2) is 0 Å². The third-order valence-corrected chi connectivity index (χ3v) is 2.48. The van der Waals surface area contributed by atoms with Gasteiger partial charge in [-0.15, -0.1) is 0 Å². The van der Waals surface area contributed by atoms with Gasteiger partial charge in [-0.2, -0.15) is 0 Å². The second-order valence-electron chi connectivity index (χ2n) is 4.20. The van der Waals surface area contributed by atoms with Crippen LogP contribution in [0.15, 0.2) is 18.3 Å². The lowest BCUT2D eigenvalue weighted by Crippen LogP contribution is -2.30. The highest BCUT2D eigenvalue weighted by Crippen LogP contribution is 2.19. The van der Waals surface area contributed by atoms with E-state index in [0.717, 1.165) is 17.9 Å². The first-order valence-corrected chi connectivity index (χ1v) is 8.27. The fraction of sp³-hybridized carbons (Fsp3) is 0.500. The average molecular weight is 210 g/mol. The molecule has 0 unspecified atom stereocenters. The highest BCUT2D eigenvalue weighted by atomic mass is 28.4. The predicted molar refractivity (Wildman–Crippen MR) is 61.0 cm³/mol. The largest absolute Gasteiger partial charge is 0.543 e. The van der Waals surface area contributed by atoms with Crippen LogP contribution in [0.3, 0.4) is 0 Å². The van der Waals surface area contributed by atoms with Crippen LogP contribution in [0.5, 0.6) is 5.75 Å². The zero-order valence-corrected chi connectivity index (χ0v) is 10.1. The van der Waals surface area contributed by atoms with E-state index in [2.05, 4.69) is 24.6 Å². The van der Waals surface area contributed by atoms with E-state index in [1.165, 1.54) is 0 Å². The molecule has 0 atom stereocenters. The van der Waals surface area contributed by atoms with Gasteiger partial charge in [-0.25, -0.2) is 0 Å². The van der Waals surface area contributed by atoms with Gasteiger partial charge in [0.1, 0.15) is 5.75 Å². The number of aromatic nitrogens is 1. The van der Waals surface area contributed by atoms with E-state index in [-0.39, 0.29) is 0 Å². The summed E-state index contributed by atoms with van der Waals surface area (Å²) in [5, 5.41) is 0. The summed E-state index contributed by atoms with van der Waals surface area (Å²) >= 11 is 0. The van der Waals surface area contributed by atoms with E-state index in [0.29, 0.717) is 6.54 Å². The number of nitrogens with two attached hydrogens (primary N) is 1. The van der Waals surface area contributed by atoms with E-state index in [1.54, 1.807) is 6.20 Å². The Kier molecular flexibility index (Phi) is 3.66. The van der Waals surface area contributed by atoms with Gasteiger partial charge in [0.2, 0.25) is 8.32 Å². The molecule has 0 amide bonds. The molecular formula is C10H18N2OSi. The van der Waals surface area contributed by atoms with E-state index in [1.807, 2.05) is 12.1 Å². The Bertz CT molecular complexity index is 296. The molecule has 0 radical (unpaired) electrons. The van der Waals surface area contributed by atoms with Crippen molar-refractivity contribution in [1.29, 1.82) is 0 Å². The van der Waals surface area contributed by atoms with Crippen molar-refractivity contribution < 1.29 is 4.43 Å². The van der Waals surface area contributed by atoms with Crippen LogP contribution in [0.2, 0.25) is 19.6 Å². The van der Waals surface area contributed by atoms with Gasteiger partial charge in [-0.1, -0.05) is 0 Å². The monoisotopic (exact) mass is 210 g/mol. The van der Waals surface area contributed by atoms with Gasteiger partial charge in [0.05, 0.1) is 5.69 Å². The van der Waals surface area contributed by atoms with Crippen molar-refractivity contribution in [3.05, 3.63) is 24.0 Å². The molecule has 1 heterocycles. The van der Waals surface area contributed by atoms with Crippen LogP contribution in [-0.2, 0) is 6.42 Å².